The molecule has 1 aromatic heterocycles. The normalized spacial score (nSPS) is 16.9. The lowest BCUT2D eigenvalue weighted by Gasteiger charge is -2.43. The molecule has 1 aromatic rings. The van der Waals surface area contributed by atoms with Gasteiger partial charge in [-0.05, 0) is 68.3 Å². The van der Waals surface area contributed by atoms with Crippen LogP contribution in [0, 0.1) is 23.2 Å². The maximum Gasteiger partial charge on any atom is 0.306 e. The predicted octanol–water partition coefficient (Wildman–Crippen LogP) is 10.4. The molecule has 0 spiro atoms. The number of nitrogens with zero attached hydrogens (tertiary/aromatic N) is 1. The van der Waals surface area contributed by atoms with E-state index in [-0.39, 0.29) is 47.1 Å². The highest BCUT2D eigenvalue weighted by molar-refractivity contribution is 7.09. The molecule has 1 rings (SSSR count). The summed E-state index contributed by atoms with van der Waals surface area (Å²) >= 11 is 1.64. The van der Waals surface area contributed by atoms with Gasteiger partial charge in [0.05, 0.1) is 16.8 Å². The number of aromatic nitrogens is 1. The Kier molecular flexibility index (Phi) is 15.4. The molecule has 0 amide bonds. The fraction of sp³-hybridized carbons (Fsp3) is 0.649. The van der Waals surface area contributed by atoms with E-state index in [2.05, 4.69) is 78.9 Å². The zero-order valence-electron chi connectivity index (χ0n) is 30.0. The molecule has 7 heteroatoms. The molecule has 5 atom stereocenters. The maximum absolute atomic E-state index is 14.1. The van der Waals surface area contributed by atoms with Gasteiger partial charge in [-0.1, -0.05) is 86.1 Å². The van der Waals surface area contributed by atoms with Crippen molar-refractivity contribution < 1.29 is 18.8 Å². The summed E-state index contributed by atoms with van der Waals surface area (Å²) in [7, 11) is -2.14. The second-order valence-corrected chi connectivity index (χ2v) is 20.3. The Morgan fingerprint density at radius 3 is 2.20 bits per heavy atom. The van der Waals surface area contributed by atoms with E-state index in [4.69, 9.17) is 9.16 Å². The fourth-order valence-electron chi connectivity index (χ4n) is 4.83. The highest BCUT2D eigenvalue weighted by atomic mass is 32.1. The lowest BCUT2D eigenvalue weighted by atomic mass is 9.69. The van der Waals surface area contributed by atoms with Gasteiger partial charge in [-0.3, -0.25) is 9.59 Å². The third-order valence-electron chi connectivity index (χ3n) is 9.55. The van der Waals surface area contributed by atoms with Gasteiger partial charge in [0, 0.05) is 29.6 Å². The predicted molar refractivity (Wildman–Crippen MR) is 191 cm³/mol. The fourth-order valence-corrected chi connectivity index (χ4v) is 6.99. The van der Waals surface area contributed by atoms with E-state index in [9.17, 15) is 9.59 Å². The van der Waals surface area contributed by atoms with Gasteiger partial charge in [-0.15, -0.1) is 24.5 Å². The number of esters is 1. The van der Waals surface area contributed by atoms with Crippen LogP contribution in [0.2, 0.25) is 18.1 Å². The lowest BCUT2D eigenvalue weighted by molar-refractivity contribution is -0.150. The van der Waals surface area contributed by atoms with Crippen molar-refractivity contribution in [2.24, 2.45) is 23.2 Å². The number of Topliss-reactive ketones (excluding diaryl/α,β-unsaturated/α-hetero) is 1. The maximum atomic E-state index is 14.1. The molecule has 0 N–H and O–H groups in total. The summed E-state index contributed by atoms with van der Waals surface area (Å²) in [6, 6.07) is 0. The molecule has 0 saturated carbocycles. The van der Waals surface area contributed by atoms with Crippen LogP contribution in [0.25, 0.3) is 6.08 Å². The Balaban J connectivity index is 3.18. The largest absolute Gasteiger partial charge is 0.457 e. The second kappa shape index (κ2) is 17.0. The van der Waals surface area contributed by atoms with Crippen LogP contribution in [0.15, 0.2) is 47.9 Å². The molecule has 0 aliphatic carbocycles. The first-order chi connectivity index (χ1) is 20.2. The number of ketones is 1. The summed E-state index contributed by atoms with van der Waals surface area (Å²) in [5.74, 6) is -0.780. The molecule has 0 bridgehead atoms. The lowest BCUT2D eigenvalue weighted by Crippen LogP contribution is -2.50. The standard InChI is InChI=1S/C37H61NO4SSi/c1-16-19-25(4)20-21-31(27(6)22-30-24-43-32(18-3)38-30)41-33(39)23-28(7)37(12,13)35(40)29(8)34(26(5)17-2)42-44(14,15)36(9,10)11/h16-17,20,22,24,26,28-29,31,34H,1-2,18-19,21,23H2,3-15H3/b25-20-,27-22+/t26-,28-,29+,31-,34-/m0/s1. The smallest absolute Gasteiger partial charge is 0.306 e. The highest BCUT2D eigenvalue weighted by Crippen LogP contribution is 2.41. The van der Waals surface area contributed by atoms with E-state index >= 15 is 0 Å². The number of ether oxygens (including phenoxy) is 1. The molecule has 0 aliphatic heterocycles. The first kappa shape index (κ1) is 39.9. The molecule has 0 unspecified atom stereocenters. The van der Waals surface area contributed by atoms with Crippen molar-refractivity contribution in [3.63, 3.8) is 0 Å². The van der Waals surface area contributed by atoms with E-state index < -0.39 is 19.8 Å². The van der Waals surface area contributed by atoms with Gasteiger partial charge < -0.3 is 9.16 Å². The van der Waals surface area contributed by atoms with Gasteiger partial charge in [-0.25, -0.2) is 4.98 Å². The van der Waals surface area contributed by atoms with Crippen molar-refractivity contribution in [3.05, 3.63) is 58.6 Å². The Morgan fingerprint density at radius 2 is 1.70 bits per heavy atom. The van der Waals surface area contributed by atoms with Gasteiger partial charge in [0.2, 0.25) is 0 Å². The van der Waals surface area contributed by atoms with Crippen LogP contribution in [0.5, 0.6) is 0 Å². The summed E-state index contributed by atoms with van der Waals surface area (Å²) < 4.78 is 12.9. The third-order valence-corrected chi connectivity index (χ3v) is 15.0. The molecule has 1 heterocycles. The zero-order chi connectivity index (χ0) is 34.0. The number of hydrogen-bond donors (Lipinski definition) is 0. The summed E-state index contributed by atoms with van der Waals surface area (Å²) in [6.45, 7) is 34.9. The molecule has 0 fully saturated rings. The van der Waals surface area contributed by atoms with E-state index in [0.29, 0.717) is 6.42 Å². The monoisotopic (exact) mass is 643 g/mol. The molecule has 0 aromatic carbocycles. The highest BCUT2D eigenvalue weighted by Gasteiger charge is 2.45. The first-order valence-corrected chi connectivity index (χ1v) is 19.9. The van der Waals surface area contributed by atoms with Crippen LogP contribution >= 0.6 is 11.3 Å². The molecule has 0 radical (unpaired) electrons. The minimum absolute atomic E-state index is 0.0124. The van der Waals surface area contributed by atoms with Crippen LogP contribution in [0.4, 0.5) is 0 Å². The SMILES string of the molecule is C=CC/C(C)=C\C[C@H](OC(=O)C[C@H](C)C(C)(C)C(=O)[C@H](C)[C@@H](O[Si](C)(C)C(C)(C)C)[C@@H](C)C=C)/C(C)=C/c1csc(CC)n1. The van der Waals surface area contributed by atoms with E-state index in [1.165, 1.54) is 5.57 Å². The first-order valence-electron chi connectivity index (χ1n) is 16.1. The Hall–Kier alpha value is -2.09. The van der Waals surface area contributed by atoms with Gasteiger partial charge in [0.25, 0.3) is 0 Å². The van der Waals surface area contributed by atoms with Crippen molar-refractivity contribution in [3.8, 4) is 0 Å². The second-order valence-electron chi connectivity index (χ2n) is 14.6. The number of hydrogen-bond acceptors (Lipinski definition) is 6. The number of aryl methyl sites for hydroxylation is 1. The number of allylic oxidation sites excluding steroid dienone is 2. The zero-order valence-corrected chi connectivity index (χ0v) is 31.8. The molecule has 5 nitrogen and oxygen atoms in total. The van der Waals surface area contributed by atoms with Crippen molar-refractivity contribution in [1.82, 2.24) is 4.98 Å². The summed E-state index contributed by atoms with van der Waals surface area (Å²) in [6.07, 6.45) is 9.55. The molecule has 248 valence electrons. The Bertz CT molecular complexity index is 1190. The minimum atomic E-state index is -2.14. The molecule has 0 aliphatic rings. The number of carbonyl (C=O) groups excluding carboxylic acids is 2. The van der Waals surface area contributed by atoms with Crippen LogP contribution in [-0.4, -0.2) is 37.3 Å². The Labute approximate surface area is 274 Å². The third kappa shape index (κ3) is 11.4. The van der Waals surface area contributed by atoms with E-state index in [0.717, 1.165) is 29.1 Å². The number of rotatable bonds is 18. The van der Waals surface area contributed by atoms with E-state index in [1.54, 1.807) is 11.3 Å². The Morgan fingerprint density at radius 1 is 1.09 bits per heavy atom. The van der Waals surface area contributed by atoms with E-state index in [1.807, 2.05) is 58.2 Å². The van der Waals surface area contributed by atoms with Gasteiger partial charge in [-0.2, -0.15) is 0 Å². The number of thiazole rings is 1. The summed E-state index contributed by atoms with van der Waals surface area (Å²) in [5, 5.41) is 3.13. The van der Waals surface area contributed by atoms with Crippen LogP contribution in [0.1, 0.15) is 106 Å². The van der Waals surface area contributed by atoms with Crippen molar-refractivity contribution >= 4 is 37.5 Å². The molecule has 44 heavy (non-hydrogen) atoms. The summed E-state index contributed by atoms with van der Waals surface area (Å²) in [4.78, 5) is 32.2. The quantitative estimate of drug-likeness (QED) is 0.0905. The summed E-state index contributed by atoms with van der Waals surface area (Å²) in [5.41, 5.74) is 2.24. The van der Waals surface area contributed by atoms with Crippen LogP contribution in [-0.2, 0) is 25.2 Å². The van der Waals surface area contributed by atoms with Gasteiger partial charge in [0.15, 0.2) is 8.32 Å². The minimum Gasteiger partial charge on any atom is -0.457 e. The van der Waals surface area contributed by atoms with Gasteiger partial charge in [0.1, 0.15) is 11.9 Å². The topological polar surface area (TPSA) is 65.5 Å². The van der Waals surface area contributed by atoms with Crippen molar-refractivity contribution in [2.45, 2.75) is 132 Å². The van der Waals surface area contributed by atoms with Gasteiger partial charge >= 0.3 is 5.97 Å². The van der Waals surface area contributed by atoms with Crippen LogP contribution < -0.4 is 0 Å². The average Bonchev–Trinajstić information content (AvgIpc) is 3.39. The molecular formula is C37H61NO4SSi. The average molecular weight is 644 g/mol. The molecular weight excluding hydrogens is 583 g/mol. The van der Waals surface area contributed by atoms with Crippen molar-refractivity contribution in [2.75, 3.05) is 0 Å². The van der Waals surface area contributed by atoms with Crippen molar-refractivity contribution in [1.29, 1.82) is 0 Å². The van der Waals surface area contributed by atoms with Crippen LogP contribution in [0.3, 0.4) is 0 Å². The molecule has 0 saturated heterocycles. The number of carbonyl (C=O) groups is 2.